The largest absolute Gasteiger partial charge is 0.479 e. The van der Waals surface area contributed by atoms with Gasteiger partial charge in [-0.2, -0.15) is 13.2 Å². The van der Waals surface area contributed by atoms with Gasteiger partial charge in [0, 0.05) is 12.2 Å². The summed E-state index contributed by atoms with van der Waals surface area (Å²) < 4.78 is 37.8. The van der Waals surface area contributed by atoms with Crippen LogP contribution in [0.1, 0.15) is 38.2 Å². The molecule has 2 rings (SSSR count). The molecule has 1 unspecified atom stereocenters. The minimum atomic E-state index is -4.38. The lowest BCUT2D eigenvalue weighted by Crippen LogP contribution is -2.50. The molecule has 3 nitrogen and oxygen atoms in total. The number of benzene rings is 1. The number of carboxylic acids is 1. The molecular formula is C15H18F3NO2. The summed E-state index contributed by atoms with van der Waals surface area (Å²) in [7, 11) is 0. The van der Waals surface area contributed by atoms with Crippen LogP contribution in [0, 0.1) is 0 Å². The van der Waals surface area contributed by atoms with Crippen LogP contribution in [0.25, 0.3) is 0 Å². The highest BCUT2D eigenvalue weighted by Crippen LogP contribution is 2.39. The summed E-state index contributed by atoms with van der Waals surface area (Å²) in [5.74, 6) is -0.901. The van der Waals surface area contributed by atoms with Crippen molar-refractivity contribution in [2.75, 3.05) is 11.4 Å². The van der Waals surface area contributed by atoms with E-state index in [9.17, 15) is 23.1 Å². The van der Waals surface area contributed by atoms with E-state index in [1.165, 1.54) is 12.1 Å². The van der Waals surface area contributed by atoms with Gasteiger partial charge in [-0.05, 0) is 43.5 Å². The smallest absolute Gasteiger partial charge is 0.416 e. The topological polar surface area (TPSA) is 40.5 Å². The van der Waals surface area contributed by atoms with Crippen LogP contribution >= 0.6 is 0 Å². The van der Waals surface area contributed by atoms with Crippen LogP contribution in [-0.2, 0) is 11.0 Å². The lowest BCUT2D eigenvalue weighted by atomic mass is 9.90. The van der Waals surface area contributed by atoms with Gasteiger partial charge >= 0.3 is 12.1 Å². The molecular weight excluding hydrogens is 283 g/mol. The summed E-state index contributed by atoms with van der Waals surface area (Å²) in [5, 5.41) is 9.59. The quantitative estimate of drug-likeness (QED) is 0.916. The molecule has 0 aromatic heterocycles. The summed E-state index contributed by atoms with van der Waals surface area (Å²) in [5.41, 5.74) is -1.17. The minimum absolute atomic E-state index is 0.489. The maximum atomic E-state index is 12.6. The Hall–Kier alpha value is -1.72. The van der Waals surface area contributed by atoms with Gasteiger partial charge in [0.1, 0.15) is 5.54 Å². The number of alkyl halides is 3. The summed E-state index contributed by atoms with van der Waals surface area (Å²) >= 11 is 0. The highest BCUT2D eigenvalue weighted by Gasteiger charge is 2.47. The van der Waals surface area contributed by atoms with E-state index in [1.807, 2.05) is 6.92 Å². The molecule has 1 atom stereocenters. The van der Waals surface area contributed by atoms with Gasteiger partial charge < -0.3 is 10.0 Å². The van der Waals surface area contributed by atoms with Gasteiger partial charge in [-0.1, -0.05) is 13.3 Å². The number of nitrogens with zero attached hydrogens (tertiary/aromatic N) is 1. The number of aliphatic carboxylic acids is 1. The number of rotatable bonds is 4. The van der Waals surface area contributed by atoms with E-state index in [-0.39, 0.29) is 0 Å². The molecule has 0 radical (unpaired) electrons. The Kier molecular flexibility index (Phi) is 4.16. The van der Waals surface area contributed by atoms with Gasteiger partial charge in [0.05, 0.1) is 5.56 Å². The third-order valence-electron chi connectivity index (χ3n) is 4.06. The van der Waals surface area contributed by atoms with Crippen molar-refractivity contribution in [3.05, 3.63) is 29.8 Å². The third kappa shape index (κ3) is 2.84. The van der Waals surface area contributed by atoms with E-state index in [0.29, 0.717) is 31.5 Å². The van der Waals surface area contributed by atoms with Crippen LogP contribution < -0.4 is 4.90 Å². The number of hydrogen-bond donors (Lipinski definition) is 1. The van der Waals surface area contributed by atoms with Crippen molar-refractivity contribution in [3.8, 4) is 0 Å². The maximum absolute atomic E-state index is 12.6. The molecule has 6 heteroatoms. The van der Waals surface area contributed by atoms with Crippen LogP contribution in [-0.4, -0.2) is 23.2 Å². The Morgan fingerprint density at radius 1 is 1.33 bits per heavy atom. The molecule has 0 spiro atoms. The standard InChI is InChI=1S/C15H18F3NO2/c1-2-8-14(13(20)21)9-3-10-19(14)12-6-4-11(5-7-12)15(16,17)18/h4-7H,2-3,8-10H2,1H3,(H,20,21). The normalized spacial score (nSPS) is 22.6. The lowest BCUT2D eigenvalue weighted by molar-refractivity contribution is -0.143. The molecule has 21 heavy (non-hydrogen) atoms. The van der Waals surface area contributed by atoms with Gasteiger partial charge in [0.25, 0.3) is 0 Å². The van der Waals surface area contributed by atoms with Gasteiger partial charge in [-0.15, -0.1) is 0 Å². The van der Waals surface area contributed by atoms with Crippen molar-refractivity contribution in [2.24, 2.45) is 0 Å². The van der Waals surface area contributed by atoms with Gasteiger partial charge in [-0.25, -0.2) is 4.79 Å². The molecule has 0 saturated carbocycles. The van der Waals surface area contributed by atoms with Crippen molar-refractivity contribution in [2.45, 2.75) is 44.3 Å². The molecule has 1 aromatic carbocycles. The Balaban J connectivity index is 2.33. The molecule has 1 heterocycles. The molecule has 1 fully saturated rings. The number of anilines is 1. The second-order valence-corrected chi connectivity index (χ2v) is 5.39. The summed E-state index contributed by atoms with van der Waals surface area (Å²) in [6.07, 6.45) is -1.92. The van der Waals surface area contributed by atoms with E-state index >= 15 is 0 Å². The highest BCUT2D eigenvalue weighted by molar-refractivity contribution is 5.84. The molecule has 1 N–H and O–H groups in total. The highest BCUT2D eigenvalue weighted by atomic mass is 19.4. The fourth-order valence-corrected chi connectivity index (χ4v) is 3.09. The fraction of sp³-hybridized carbons (Fsp3) is 0.533. The van der Waals surface area contributed by atoms with Crippen molar-refractivity contribution in [3.63, 3.8) is 0 Å². The van der Waals surface area contributed by atoms with E-state index < -0.39 is 23.2 Å². The van der Waals surface area contributed by atoms with Crippen molar-refractivity contribution in [1.29, 1.82) is 0 Å². The molecule has 1 aliphatic heterocycles. The first-order chi connectivity index (χ1) is 9.81. The van der Waals surface area contributed by atoms with Crippen molar-refractivity contribution >= 4 is 11.7 Å². The van der Waals surface area contributed by atoms with Crippen LogP contribution in [0.4, 0.5) is 18.9 Å². The summed E-state index contributed by atoms with van der Waals surface area (Å²) in [6, 6.07) is 4.74. The molecule has 1 saturated heterocycles. The molecule has 1 aliphatic rings. The predicted molar refractivity (Wildman–Crippen MR) is 73.3 cm³/mol. The molecule has 1 aromatic rings. The predicted octanol–water partition coefficient (Wildman–Crippen LogP) is 3.93. The van der Waals surface area contributed by atoms with Crippen LogP contribution in [0.2, 0.25) is 0 Å². The number of carboxylic acid groups (broad SMARTS) is 1. The Bertz CT molecular complexity index is 513. The van der Waals surface area contributed by atoms with Gasteiger partial charge in [-0.3, -0.25) is 0 Å². The zero-order chi connectivity index (χ0) is 15.7. The zero-order valence-electron chi connectivity index (χ0n) is 11.8. The average molecular weight is 301 g/mol. The first-order valence-corrected chi connectivity index (χ1v) is 6.99. The maximum Gasteiger partial charge on any atom is 0.416 e. The Morgan fingerprint density at radius 3 is 2.43 bits per heavy atom. The Morgan fingerprint density at radius 2 is 1.95 bits per heavy atom. The molecule has 0 bridgehead atoms. The van der Waals surface area contributed by atoms with Gasteiger partial charge in [0.2, 0.25) is 0 Å². The van der Waals surface area contributed by atoms with E-state index in [1.54, 1.807) is 4.90 Å². The first-order valence-electron chi connectivity index (χ1n) is 6.99. The van der Waals surface area contributed by atoms with Crippen LogP contribution in [0.3, 0.4) is 0 Å². The molecule has 0 aliphatic carbocycles. The second-order valence-electron chi connectivity index (χ2n) is 5.39. The van der Waals surface area contributed by atoms with Gasteiger partial charge in [0.15, 0.2) is 0 Å². The van der Waals surface area contributed by atoms with E-state index in [4.69, 9.17) is 0 Å². The lowest BCUT2D eigenvalue weighted by Gasteiger charge is -2.36. The number of hydrogen-bond acceptors (Lipinski definition) is 2. The summed E-state index contributed by atoms with van der Waals surface area (Å²) in [6.45, 7) is 2.46. The third-order valence-corrected chi connectivity index (χ3v) is 4.06. The zero-order valence-corrected chi connectivity index (χ0v) is 11.8. The van der Waals surface area contributed by atoms with Crippen LogP contribution in [0.15, 0.2) is 24.3 Å². The van der Waals surface area contributed by atoms with Crippen molar-refractivity contribution < 1.29 is 23.1 Å². The van der Waals surface area contributed by atoms with E-state index in [0.717, 1.165) is 18.6 Å². The van der Waals surface area contributed by atoms with E-state index in [2.05, 4.69) is 0 Å². The average Bonchev–Trinajstić information content (AvgIpc) is 2.83. The second kappa shape index (κ2) is 5.58. The molecule has 116 valence electrons. The SMILES string of the molecule is CCCC1(C(=O)O)CCCN1c1ccc(C(F)(F)F)cc1. The first kappa shape index (κ1) is 15.7. The molecule has 0 amide bonds. The van der Waals surface area contributed by atoms with Crippen LogP contribution in [0.5, 0.6) is 0 Å². The fourth-order valence-electron chi connectivity index (χ4n) is 3.09. The monoisotopic (exact) mass is 301 g/mol. The number of halogens is 3. The number of carbonyl (C=O) groups is 1. The van der Waals surface area contributed by atoms with Crippen molar-refractivity contribution in [1.82, 2.24) is 0 Å². The Labute approximate surface area is 121 Å². The minimum Gasteiger partial charge on any atom is -0.479 e. The summed E-state index contributed by atoms with van der Waals surface area (Å²) in [4.78, 5) is 13.4.